The summed E-state index contributed by atoms with van der Waals surface area (Å²) in [5, 5.41) is 9.71. The largest absolute Gasteiger partial charge is 0.377 e. The van der Waals surface area contributed by atoms with Crippen LogP contribution in [0.25, 0.3) is 0 Å². The lowest BCUT2D eigenvalue weighted by molar-refractivity contribution is 1.25. The fourth-order valence-corrected chi connectivity index (χ4v) is 2.33. The molecule has 3 nitrogen and oxygen atoms in total. The van der Waals surface area contributed by atoms with Crippen LogP contribution in [0.3, 0.4) is 0 Å². The molecular weight excluding hydrogens is 325 g/mol. The van der Waals surface area contributed by atoms with Crippen LogP contribution in [0, 0.1) is 0 Å². The average Bonchev–Trinajstić information content (AvgIpc) is 2.49. The van der Waals surface area contributed by atoms with Gasteiger partial charge in [0.1, 0.15) is 0 Å². The first-order chi connectivity index (χ1) is 10.1. The second-order valence-corrected chi connectivity index (χ2v) is 6.02. The summed E-state index contributed by atoms with van der Waals surface area (Å²) in [6.07, 6.45) is 1.63. The molecule has 0 fully saturated rings. The van der Waals surface area contributed by atoms with Crippen molar-refractivity contribution >= 4 is 46.3 Å². The summed E-state index contributed by atoms with van der Waals surface area (Å²) in [5.74, 6) is 0.725. The number of thioether (sulfide) groups is 1. The van der Waals surface area contributed by atoms with Gasteiger partial charge in [-0.05, 0) is 35.4 Å². The Bertz CT molecular complexity index is 637. The topological polar surface area (TPSA) is 50.7 Å². The van der Waals surface area contributed by atoms with Crippen molar-refractivity contribution in [1.82, 2.24) is 0 Å². The second-order valence-electron chi connectivity index (χ2n) is 4.15. The number of nitrogens with zero attached hydrogens (tertiary/aromatic N) is 2. The van der Waals surface area contributed by atoms with Gasteiger partial charge in [0.05, 0.1) is 6.21 Å². The predicted octanol–water partition coefficient (Wildman–Crippen LogP) is 4.58. The van der Waals surface area contributed by atoms with Gasteiger partial charge < -0.3 is 5.73 Å². The third-order valence-corrected chi connectivity index (χ3v) is 3.89. The Labute approximate surface area is 137 Å². The Morgan fingerprint density at radius 1 is 1.00 bits per heavy atom. The van der Waals surface area contributed by atoms with E-state index in [9.17, 15) is 0 Å². The van der Waals surface area contributed by atoms with Gasteiger partial charge in [-0.25, -0.2) is 0 Å². The van der Waals surface area contributed by atoms with E-state index in [1.54, 1.807) is 18.3 Å². The van der Waals surface area contributed by atoms with Crippen LogP contribution in [0.2, 0.25) is 10.0 Å². The van der Waals surface area contributed by atoms with E-state index >= 15 is 0 Å². The first kappa shape index (κ1) is 15.9. The molecule has 0 saturated heterocycles. The van der Waals surface area contributed by atoms with Crippen LogP contribution in [-0.2, 0) is 5.75 Å². The molecule has 0 bridgehead atoms. The highest BCUT2D eigenvalue weighted by Crippen LogP contribution is 2.15. The lowest BCUT2D eigenvalue weighted by atomic mass is 10.2. The van der Waals surface area contributed by atoms with Crippen molar-refractivity contribution in [2.75, 3.05) is 0 Å². The maximum absolute atomic E-state index is 5.83. The van der Waals surface area contributed by atoms with Crippen molar-refractivity contribution in [3.63, 3.8) is 0 Å². The number of hydrogen-bond acceptors (Lipinski definition) is 3. The van der Waals surface area contributed by atoms with Crippen LogP contribution in [0.15, 0.2) is 58.7 Å². The van der Waals surface area contributed by atoms with E-state index in [1.165, 1.54) is 11.8 Å². The molecule has 0 aliphatic heterocycles. The summed E-state index contributed by atoms with van der Waals surface area (Å²) in [6.45, 7) is 0. The van der Waals surface area contributed by atoms with Gasteiger partial charge >= 0.3 is 0 Å². The van der Waals surface area contributed by atoms with Gasteiger partial charge in [0.15, 0.2) is 5.17 Å². The Morgan fingerprint density at radius 3 is 2.19 bits per heavy atom. The van der Waals surface area contributed by atoms with Gasteiger partial charge in [-0.2, -0.15) is 5.10 Å². The highest BCUT2D eigenvalue weighted by Gasteiger charge is 1.97. The summed E-state index contributed by atoms with van der Waals surface area (Å²) in [4.78, 5) is 0. The maximum Gasteiger partial charge on any atom is 0.180 e. The van der Waals surface area contributed by atoms with Crippen LogP contribution in [-0.4, -0.2) is 11.4 Å². The number of nitrogens with two attached hydrogens (primary N) is 1. The lowest BCUT2D eigenvalue weighted by Crippen LogP contribution is -2.06. The molecule has 0 unspecified atom stereocenters. The van der Waals surface area contributed by atoms with Crippen molar-refractivity contribution in [3.8, 4) is 0 Å². The molecule has 2 rings (SSSR count). The maximum atomic E-state index is 5.83. The van der Waals surface area contributed by atoms with E-state index in [0.29, 0.717) is 10.2 Å². The normalized spacial score (nSPS) is 12.0. The predicted molar refractivity (Wildman–Crippen MR) is 93.4 cm³/mol. The van der Waals surface area contributed by atoms with Crippen molar-refractivity contribution in [2.45, 2.75) is 5.75 Å². The van der Waals surface area contributed by atoms with Crippen molar-refractivity contribution in [3.05, 3.63) is 69.7 Å². The van der Waals surface area contributed by atoms with Crippen LogP contribution in [0.1, 0.15) is 11.1 Å². The minimum Gasteiger partial charge on any atom is -0.377 e. The molecule has 0 aromatic heterocycles. The van der Waals surface area contributed by atoms with Crippen LogP contribution in [0.5, 0.6) is 0 Å². The fourth-order valence-electron chi connectivity index (χ4n) is 1.47. The number of rotatable bonds is 4. The summed E-state index contributed by atoms with van der Waals surface area (Å²) in [5.41, 5.74) is 7.84. The van der Waals surface area contributed by atoms with Crippen molar-refractivity contribution in [1.29, 1.82) is 0 Å². The molecule has 0 aliphatic rings. The molecule has 0 aliphatic carbocycles. The zero-order valence-electron chi connectivity index (χ0n) is 11.0. The number of amidine groups is 1. The van der Waals surface area contributed by atoms with E-state index in [1.807, 2.05) is 36.4 Å². The third-order valence-electron chi connectivity index (χ3n) is 2.53. The molecule has 0 radical (unpaired) electrons. The molecule has 21 heavy (non-hydrogen) atoms. The molecule has 2 N–H and O–H groups in total. The van der Waals surface area contributed by atoms with Gasteiger partial charge in [0, 0.05) is 15.8 Å². The first-order valence-electron chi connectivity index (χ1n) is 6.13. The lowest BCUT2D eigenvalue weighted by Gasteiger charge is -2.00. The van der Waals surface area contributed by atoms with Crippen molar-refractivity contribution < 1.29 is 0 Å². The average molecular weight is 338 g/mol. The van der Waals surface area contributed by atoms with E-state index in [-0.39, 0.29) is 0 Å². The zero-order valence-corrected chi connectivity index (χ0v) is 13.4. The molecule has 2 aromatic rings. The highest BCUT2D eigenvalue weighted by atomic mass is 35.5. The van der Waals surface area contributed by atoms with Crippen LogP contribution < -0.4 is 5.73 Å². The number of hydrogen-bond donors (Lipinski definition) is 1. The Balaban J connectivity index is 1.86. The molecular formula is C15H13Cl2N3S. The van der Waals surface area contributed by atoms with Crippen LogP contribution >= 0.6 is 35.0 Å². The minimum absolute atomic E-state index is 0.412. The van der Waals surface area contributed by atoms with E-state index in [4.69, 9.17) is 28.9 Å². The SMILES string of the molecule is N/C(=N\N=C\c1ccc(Cl)cc1)SCc1ccc(Cl)cc1. The molecule has 6 heteroatoms. The standard InChI is InChI=1S/C15H13Cl2N3S/c16-13-5-1-11(2-6-13)9-19-20-15(18)21-10-12-3-7-14(17)8-4-12/h1-9H,10H2,(H2,18,20)/b19-9+. The van der Waals surface area contributed by atoms with Crippen molar-refractivity contribution in [2.24, 2.45) is 15.9 Å². The van der Waals surface area contributed by atoms with Gasteiger partial charge in [0.25, 0.3) is 0 Å². The number of halogens is 2. The molecule has 108 valence electrons. The van der Waals surface area contributed by atoms with Gasteiger partial charge in [-0.3, -0.25) is 0 Å². The fraction of sp³-hybridized carbons (Fsp3) is 0.0667. The van der Waals surface area contributed by atoms with E-state index in [2.05, 4.69) is 10.2 Å². The van der Waals surface area contributed by atoms with Crippen LogP contribution in [0.4, 0.5) is 0 Å². The van der Waals surface area contributed by atoms with Gasteiger partial charge in [-0.1, -0.05) is 59.2 Å². The van der Waals surface area contributed by atoms with E-state index in [0.717, 1.165) is 21.9 Å². The first-order valence-corrected chi connectivity index (χ1v) is 7.87. The highest BCUT2D eigenvalue weighted by molar-refractivity contribution is 8.13. The molecule has 0 amide bonds. The second kappa shape index (κ2) is 8.08. The molecule has 0 heterocycles. The van der Waals surface area contributed by atoms with E-state index < -0.39 is 0 Å². The molecule has 0 saturated carbocycles. The van der Waals surface area contributed by atoms with Gasteiger partial charge in [-0.15, -0.1) is 5.10 Å². The smallest absolute Gasteiger partial charge is 0.180 e. The molecule has 2 aromatic carbocycles. The Hall–Kier alpha value is -1.49. The summed E-state index contributed by atoms with van der Waals surface area (Å²) in [7, 11) is 0. The summed E-state index contributed by atoms with van der Waals surface area (Å²) in [6, 6.07) is 14.9. The molecule has 0 atom stereocenters. The van der Waals surface area contributed by atoms with Gasteiger partial charge in [0.2, 0.25) is 0 Å². The monoisotopic (exact) mass is 337 g/mol. The third kappa shape index (κ3) is 5.79. The molecule has 0 spiro atoms. The Morgan fingerprint density at radius 2 is 1.57 bits per heavy atom. The number of benzene rings is 2. The zero-order chi connectivity index (χ0) is 15.1. The quantitative estimate of drug-likeness (QED) is 0.504. The summed E-state index contributed by atoms with van der Waals surface area (Å²) < 4.78 is 0. The minimum atomic E-state index is 0.412. The summed E-state index contributed by atoms with van der Waals surface area (Å²) >= 11 is 13.1. The Kier molecular flexibility index (Phi) is 6.11.